The van der Waals surface area contributed by atoms with Gasteiger partial charge in [-0.15, -0.1) is 0 Å². The van der Waals surface area contributed by atoms with Gasteiger partial charge >= 0.3 is 5.97 Å². The molecule has 0 rings (SSSR count). The third-order valence-electron chi connectivity index (χ3n) is 1.81. The number of aliphatic hydroxyl groups excluding tert-OH is 1. The highest BCUT2D eigenvalue weighted by Crippen LogP contribution is 1.97. The first-order valence-electron chi connectivity index (χ1n) is 5.02. The summed E-state index contributed by atoms with van der Waals surface area (Å²) >= 11 is 0. The van der Waals surface area contributed by atoms with E-state index in [0.717, 1.165) is 0 Å². The molecule has 0 aliphatic rings. The van der Waals surface area contributed by atoms with Gasteiger partial charge in [-0.3, -0.25) is 14.4 Å². The number of nitrogens with two attached hydrogens (primary N) is 2. The van der Waals surface area contributed by atoms with E-state index < -0.39 is 36.5 Å². The molecule has 0 aromatic heterocycles. The molecule has 7 N–H and O–H groups in total. The third kappa shape index (κ3) is 5.27. The molecule has 16 heavy (non-hydrogen) atoms. The van der Waals surface area contributed by atoms with Gasteiger partial charge in [-0.05, 0) is 6.42 Å². The van der Waals surface area contributed by atoms with Crippen molar-refractivity contribution in [1.82, 2.24) is 5.32 Å². The van der Waals surface area contributed by atoms with Gasteiger partial charge in [0.25, 0.3) is 0 Å². The number of nitrogens with one attached hydrogen (secondary N) is 1. The summed E-state index contributed by atoms with van der Waals surface area (Å²) in [5.41, 5.74) is 6.76. The number of rotatable bonds is 8. The quantitative estimate of drug-likeness (QED) is 0.304. The fraction of sp³-hybridized carbons (Fsp3) is 0.625. The molecule has 92 valence electrons. The zero-order valence-electron chi connectivity index (χ0n) is 9.47. The first-order chi connectivity index (χ1) is 7.92. The summed E-state index contributed by atoms with van der Waals surface area (Å²) in [4.78, 5) is 32.6. The molecule has 2 amide bonds. The number of hydrogen-bond donors (Lipinski definition) is 5. The topological polar surface area (TPSA) is 156 Å². The molecule has 8 nitrogen and oxygen atoms in total. The van der Waals surface area contributed by atoms with Crippen LogP contribution in [-0.4, -0.2) is 46.7 Å². The van der Waals surface area contributed by atoms with E-state index in [1.165, 1.54) is 0 Å². The van der Waals surface area contributed by atoms with E-state index in [2.05, 4.69) is 5.32 Å². The van der Waals surface area contributed by atoms with E-state index in [-0.39, 0.29) is 12.8 Å². The van der Waals surface area contributed by atoms with Crippen LogP contribution >= 0.6 is 0 Å². The van der Waals surface area contributed by atoms with Crippen LogP contribution in [0.2, 0.25) is 1.41 Å². The molecule has 0 unspecified atom stereocenters. The van der Waals surface area contributed by atoms with Gasteiger partial charge in [-0.1, -0.05) is 0 Å². The molecule has 0 bridgehead atoms. The first-order valence-corrected chi connectivity index (χ1v) is 4.52. The highest BCUT2D eigenvalue weighted by molar-refractivity contribution is 5.89. The summed E-state index contributed by atoms with van der Waals surface area (Å²) in [7, 11) is 0. The van der Waals surface area contributed by atoms with E-state index in [1.807, 2.05) is 0 Å². The average Bonchev–Trinajstić information content (AvgIpc) is 2.25. The number of aliphatic hydroxyl groups is 1. The van der Waals surface area contributed by atoms with Gasteiger partial charge in [0.05, 0.1) is 6.61 Å². The summed E-state index contributed by atoms with van der Waals surface area (Å²) < 4.78 is 6.73. The van der Waals surface area contributed by atoms with Crippen molar-refractivity contribution in [2.45, 2.75) is 24.9 Å². The maximum absolute atomic E-state index is 11.4. The fourth-order valence-corrected chi connectivity index (χ4v) is 0.909. The molecular formula is C8H15N3O5. The lowest BCUT2D eigenvalue weighted by Gasteiger charge is -2.16. The number of aliphatic carboxylic acids is 1. The summed E-state index contributed by atoms with van der Waals surface area (Å²) in [6.07, 6.45) is -0.474. The van der Waals surface area contributed by atoms with Gasteiger partial charge in [0, 0.05) is 6.42 Å². The van der Waals surface area contributed by atoms with Gasteiger partial charge in [-0.25, -0.2) is 0 Å². The van der Waals surface area contributed by atoms with Crippen molar-refractivity contribution in [2.24, 2.45) is 11.5 Å². The second kappa shape index (κ2) is 6.75. The highest BCUT2D eigenvalue weighted by Gasteiger charge is 2.21. The lowest BCUT2D eigenvalue weighted by Crippen LogP contribution is -2.51. The van der Waals surface area contributed by atoms with Crippen LogP contribution < -0.4 is 16.8 Å². The summed E-state index contributed by atoms with van der Waals surface area (Å²) in [5.74, 6) is -2.79. The van der Waals surface area contributed by atoms with Crippen LogP contribution in [0.1, 0.15) is 12.8 Å². The second-order valence-electron chi connectivity index (χ2n) is 3.13. The van der Waals surface area contributed by atoms with E-state index in [4.69, 9.17) is 17.4 Å². The van der Waals surface area contributed by atoms with E-state index >= 15 is 0 Å². The summed E-state index contributed by atoms with van der Waals surface area (Å²) in [5, 5.41) is 19.3. The minimum Gasteiger partial charge on any atom is -0.481 e. The van der Waals surface area contributed by atoms with Crippen molar-refractivity contribution >= 4 is 17.8 Å². The molecule has 0 heterocycles. The fourth-order valence-electron chi connectivity index (χ4n) is 0.909. The van der Waals surface area contributed by atoms with Crippen molar-refractivity contribution < 1.29 is 26.0 Å². The van der Waals surface area contributed by atoms with Crippen molar-refractivity contribution in [1.29, 1.82) is 0 Å². The van der Waals surface area contributed by atoms with Crippen LogP contribution in [0.5, 0.6) is 0 Å². The van der Waals surface area contributed by atoms with Crippen LogP contribution in [0.15, 0.2) is 0 Å². The Bertz CT molecular complexity index is 295. The van der Waals surface area contributed by atoms with Crippen LogP contribution in [-0.2, 0) is 14.4 Å². The van der Waals surface area contributed by atoms with Crippen molar-refractivity contribution in [3.05, 3.63) is 0 Å². The number of carbonyl (C=O) groups is 3. The smallest absolute Gasteiger partial charge is 0.303 e. The lowest BCUT2D eigenvalue weighted by atomic mass is 10.1. The summed E-state index contributed by atoms with van der Waals surface area (Å²) in [6, 6.07) is -2.33. The van der Waals surface area contributed by atoms with Gasteiger partial charge in [0.15, 0.2) is 0 Å². The number of carboxylic acid groups (broad SMARTS) is 1. The summed E-state index contributed by atoms with van der Waals surface area (Å²) in [6.45, 7) is -0.625. The monoisotopic (exact) mass is 234 g/mol. The highest BCUT2D eigenvalue weighted by atomic mass is 16.4. The predicted octanol–water partition coefficient (Wildman–Crippen LogP) is -2.86. The normalized spacial score (nSPS) is 14.7. The van der Waals surface area contributed by atoms with Crippen LogP contribution in [0.4, 0.5) is 0 Å². The van der Waals surface area contributed by atoms with Gasteiger partial charge in [-0.2, -0.15) is 0 Å². The third-order valence-corrected chi connectivity index (χ3v) is 1.81. The Hall–Kier alpha value is -1.67. The molecule has 8 heteroatoms. The number of carboxylic acids is 1. The maximum atomic E-state index is 11.4. The zero-order valence-corrected chi connectivity index (χ0v) is 8.47. The molecule has 0 aliphatic heterocycles. The van der Waals surface area contributed by atoms with Crippen LogP contribution in [0.25, 0.3) is 0 Å². The minimum absolute atomic E-state index is 0.146. The molecule has 0 radical (unpaired) electrons. The molecule has 0 aromatic rings. The van der Waals surface area contributed by atoms with Crippen LogP contribution in [0, 0.1) is 0 Å². The molecule has 2 atom stereocenters. The van der Waals surface area contributed by atoms with E-state index in [9.17, 15) is 14.4 Å². The molecule has 0 aromatic carbocycles. The Morgan fingerprint density at radius 2 is 2.06 bits per heavy atom. The lowest BCUT2D eigenvalue weighted by molar-refractivity contribution is -0.137. The van der Waals surface area contributed by atoms with Crippen molar-refractivity contribution in [3.8, 4) is 0 Å². The van der Waals surface area contributed by atoms with Crippen molar-refractivity contribution in [2.75, 3.05) is 6.61 Å². The zero-order chi connectivity index (χ0) is 13.4. The van der Waals surface area contributed by atoms with Crippen LogP contribution in [0.3, 0.4) is 0 Å². The molecule has 0 saturated heterocycles. The largest absolute Gasteiger partial charge is 0.481 e. The maximum Gasteiger partial charge on any atom is 0.303 e. The second-order valence-corrected chi connectivity index (χ2v) is 3.13. The van der Waals surface area contributed by atoms with Crippen molar-refractivity contribution in [3.63, 3.8) is 0 Å². The number of amides is 2. The van der Waals surface area contributed by atoms with E-state index in [0.29, 0.717) is 0 Å². The Labute approximate surface area is 93.1 Å². The number of carbonyl (C=O) groups excluding carboxylic acids is 2. The SMILES string of the molecule is [2H]N[C@@H](CO)C(=O)N[C@@H](CCC(=O)O)C(N)=O. The van der Waals surface area contributed by atoms with Gasteiger partial charge < -0.3 is 27.0 Å². The molecule has 0 saturated carbocycles. The number of hydrogen-bond acceptors (Lipinski definition) is 5. The molecule has 0 spiro atoms. The minimum atomic E-state index is -1.19. The molecule has 0 aliphatic carbocycles. The van der Waals surface area contributed by atoms with Gasteiger partial charge in [0.2, 0.25) is 11.8 Å². The number of primary amides is 1. The Kier molecular flexibility index (Phi) is 5.23. The van der Waals surface area contributed by atoms with Gasteiger partial charge in [0.1, 0.15) is 13.5 Å². The Morgan fingerprint density at radius 3 is 2.44 bits per heavy atom. The predicted molar refractivity (Wildman–Crippen MR) is 53.1 cm³/mol. The molecule has 0 fully saturated rings. The Morgan fingerprint density at radius 1 is 1.44 bits per heavy atom. The Balaban J connectivity index is 4.38. The molecular weight excluding hydrogens is 218 g/mol. The van der Waals surface area contributed by atoms with E-state index in [1.54, 1.807) is 5.73 Å². The average molecular weight is 234 g/mol. The standard InChI is InChI=1S/C8H15N3O5/c9-4(3-12)8(16)11-5(7(10)15)1-2-6(13)14/h4-5,12H,1-3,9H2,(H2,10,15)(H,11,16)(H,13,14)/t4-,5-/m0/s1/i/hD. The first kappa shape index (κ1) is 12.4.